The molecule has 0 amide bonds. The molecule has 2 heteroatoms. The highest BCUT2D eigenvalue weighted by molar-refractivity contribution is 7.99. The van der Waals surface area contributed by atoms with Crippen molar-refractivity contribution in [2.24, 2.45) is 0 Å². The van der Waals surface area contributed by atoms with Crippen LogP contribution in [0.1, 0.15) is 38.3 Å². The monoisotopic (exact) mass is 285 g/mol. The highest BCUT2D eigenvalue weighted by atomic mass is 32.2. The van der Waals surface area contributed by atoms with Crippen molar-refractivity contribution in [2.45, 2.75) is 42.5 Å². The molecule has 0 radical (unpaired) electrons. The van der Waals surface area contributed by atoms with E-state index >= 15 is 0 Å². The van der Waals surface area contributed by atoms with Crippen LogP contribution in [-0.2, 0) is 0 Å². The zero-order valence-electron chi connectivity index (χ0n) is 12.3. The lowest BCUT2D eigenvalue weighted by molar-refractivity contribution is 0.518. The van der Waals surface area contributed by atoms with Gasteiger partial charge in [-0.1, -0.05) is 55.9 Å². The summed E-state index contributed by atoms with van der Waals surface area (Å²) in [4.78, 5) is 2.58. The average molecular weight is 285 g/mol. The van der Waals surface area contributed by atoms with Crippen LogP contribution in [0.4, 0.5) is 0 Å². The molecule has 1 nitrogen and oxygen atoms in total. The molecule has 2 rings (SSSR count). The summed E-state index contributed by atoms with van der Waals surface area (Å²) in [6.45, 7) is 5.53. The van der Waals surface area contributed by atoms with Gasteiger partial charge in [0.25, 0.3) is 0 Å². The van der Waals surface area contributed by atoms with Crippen molar-refractivity contribution >= 4 is 11.8 Å². The summed E-state index contributed by atoms with van der Waals surface area (Å²) in [6, 6.07) is 19.9. The average Bonchev–Trinajstić information content (AvgIpc) is 2.50. The van der Waals surface area contributed by atoms with E-state index in [0.29, 0.717) is 6.04 Å². The van der Waals surface area contributed by atoms with Crippen molar-refractivity contribution in [3.8, 4) is 0 Å². The lowest BCUT2D eigenvalue weighted by Crippen LogP contribution is -2.21. The van der Waals surface area contributed by atoms with Crippen molar-refractivity contribution in [3.05, 3.63) is 60.2 Å². The summed E-state index contributed by atoms with van der Waals surface area (Å²) >= 11 is 1.81. The molecule has 0 aliphatic heterocycles. The van der Waals surface area contributed by atoms with Gasteiger partial charge in [-0.3, -0.25) is 0 Å². The van der Waals surface area contributed by atoms with Crippen LogP contribution in [0.3, 0.4) is 0 Å². The van der Waals surface area contributed by atoms with Crippen LogP contribution in [0.25, 0.3) is 0 Å². The molecule has 0 saturated heterocycles. The fraction of sp³-hybridized carbons (Fsp3) is 0.333. The number of nitrogens with one attached hydrogen (secondary N) is 1. The lowest BCUT2D eigenvalue weighted by Gasteiger charge is -2.17. The van der Waals surface area contributed by atoms with E-state index in [1.165, 1.54) is 21.8 Å². The SMILES string of the molecule is CCCNC(CC)c1ccc(Sc2ccccc2)cc1. The van der Waals surface area contributed by atoms with E-state index in [4.69, 9.17) is 0 Å². The largest absolute Gasteiger partial charge is 0.310 e. The van der Waals surface area contributed by atoms with E-state index in [2.05, 4.69) is 73.8 Å². The summed E-state index contributed by atoms with van der Waals surface area (Å²) in [5.41, 5.74) is 1.39. The van der Waals surface area contributed by atoms with Gasteiger partial charge in [0.1, 0.15) is 0 Å². The van der Waals surface area contributed by atoms with Crippen LogP contribution in [-0.4, -0.2) is 6.54 Å². The summed E-state index contributed by atoms with van der Waals surface area (Å²) in [5.74, 6) is 0. The van der Waals surface area contributed by atoms with E-state index in [0.717, 1.165) is 13.0 Å². The molecule has 1 N–H and O–H groups in total. The predicted octanol–water partition coefficient (Wildman–Crippen LogP) is 5.29. The minimum Gasteiger partial charge on any atom is -0.310 e. The van der Waals surface area contributed by atoms with Crippen LogP contribution >= 0.6 is 11.8 Å². The third-order valence-corrected chi connectivity index (χ3v) is 4.33. The van der Waals surface area contributed by atoms with E-state index in [-0.39, 0.29) is 0 Å². The molecule has 0 heterocycles. The van der Waals surface area contributed by atoms with E-state index in [1.807, 2.05) is 11.8 Å². The Hall–Kier alpha value is -1.25. The van der Waals surface area contributed by atoms with Crippen LogP contribution in [0, 0.1) is 0 Å². The highest BCUT2D eigenvalue weighted by Crippen LogP contribution is 2.28. The molecule has 106 valence electrons. The second kappa shape index (κ2) is 8.13. The van der Waals surface area contributed by atoms with Crippen LogP contribution in [0.15, 0.2) is 64.4 Å². The van der Waals surface area contributed by atoms with Crippen LogP contribution in [0.5, 0.6) is 0 Å². The maximum atomic E-state index is 3.60. The van der Waals surface area contributed by atoms with Crippen molar-refractivity contribution in [2.75, 3.05) is 6.54 Å². The normalized spacial score (nSPS) is 12.3. The number of hydrogen-bond acceptors (Lipinski definition) is 2. The summed E-state index contributed by atoms with van der Waals surface area (Å²) in [6.07, 6.45) is 2.31. The van der Waals surface area contributed by atoms with Crippen LogP contribution < -0.4 is 5.32 Å². The number of benzene rings is 2. The fourth-order valence-corrected chi connectivity index (χ4v) is 3.05. The summed E-state index contributed by atoms with van der Waals surface area (Å²) in [7, 11) is 0. The second-order valence-electron chi connectivity index (χ2n) is 4.90. The third kappa shape index (κ3) is 4.39. The zero-order chi connectivity index (χ0) is 14.2. The highest BCUT2D eigenvalue weighted by Gasteiger charge is 2.07. The predicted molar refractivity (Wildman–Crippen MR) is 88.3 cm³/mol. The molecular weight excluding hydrogens is 262 g/mol. The zero-order valence-corrected chi connectivity index (χ0v) is 13.1. The molecule has 0 bridgehead atoms. The van der Waals surface area contributed by atoms with Crippen molar-refractivity contribution < 1.29 is 0 Å². The first kappa shape index (κ1) is 15.1. The van der Waals surface area contributed by atoms with Gasteiger partial charge in [0, 0.05) is 15.8 Å². The Morgan fingerprint density at radius 2 is 1.55 bits per heavy atom. The lowest BCUT2D eigenvalue weighted by atomic mass is 10.0. The molecule has 1 unspecified atom stereocenters. The Balaban J connectivity index is 2.02. The van der Waals surface area contributed by atoms with Crippen molar-refractivity contribution in [3.63, 3.8) is 0 Å². The molecule has 2 aromatic carbocycles. The smallest absolute Gasteiger partial charge is 0.0317 e. The van der Waals surface area contributed by atoms with Crippen molar-refractivity contribution in [1.29, 1.82) is 0 Å². The minimum absolute atomic E-state index is 0.478. The molecule has 2 aromatic rings. The van der Waals surface area contributed by atoms with Gasteiger partial charge < -0.3 is 5.32 Å². The Labute approximate surface area is 126 Å². The second-order valence-corrected chi connectivity index (χ2v) is 6.05. The Morgan fingerprint density at radius 1 is 0.900 bits per heavy atom. The number of hydrogen-bond donors (Lipinski definition) is 1. The van der Waals surface area contributed by atoms with Gasteiger partial charge in [-0.05, 0) is 49.2 Å². The van der Waals surface area contributed by atoms with Crippen LogP contribution in [0.2, 0.25) is 0 Å². The first-order valence-corrected chi connectivity index (χ1v) is 8.21. The molecular formula is C18H23NS. The Bertz CT molecular complexity index is 493. The van der Waals surface area contributed by atoms with E-state index < -0.39 is 0 Å². The van der Waals surface area contributed by atoms with Crippen molar-refractivity contribution in [1.82, 2.24) is 5.32 Å². The number of rotatable bonds is 7. The van der Waals surface area contributed by atoms with Gasteiger partial charge in [-0.25, -0.2) is 0 Å². The standard InChI is InChI=1S/C18H23NS/c1-3-14-19-18(4-2)15-10-12-17(13-11-15)20-16-8-6-5-7-9-16/h5-13,18-19H,3-4,14H2,1-2H3. The fourth-order valence-electron chi connectivity index (χ4n) is 2.21. The topological polar surface area (TPSA) is 12.0 Å². The quantitative estimate of drug-likeness (QED) is 0.742. The maximum Gasteiger partial charge on any atom is 0.0317 e. The van der Waals surface area contributed by atoms with Gasteiger partial charge >= 0.3 is 0 Å². The Morgan fingerprint density at radius 3 is 2.15 bits per heavy atom. The van der Waals surface area contributed by atoms with E-state index in [1.54, 1.807) is 0 Å². The van der Waals surface area contributed by atoms with Gasteiger partial charge in [0.2, 0.25) is 0 Å². The Kier molecular flexibility index (Phi) is 6.16. The molecule has 0 aliphatic rings. The van der Waals surface area contributed by atoms with Gasteiger partial charge in [0.15, 0.2) is 0 Å². The minimum atomic E-state index is 0.478. The molecule has 0 fully saturated rings. The van der Waals surface area contributed by atoms with Gasteiger partial charge in [0.05, 0.1) is 0 Å². The van der Waals surface area contributed by atoms with Gasteiger partial charge in [-0.2, -0.15) is 0 Å². The molecule has 0 saturated carbocycles. The molecule has 1 atom stereocenters. The summed E-state index contributed by atoms with van der Waals surface area (Å²) in [5, 5.41) is 3.60. The van der Waals surface area contributed by atoms with Gasteiger partial charge in [-0.15, -0.1) is 0 Å². The molecule has 0 aromatic heterocycles. The maximum absolute atomic E-state index is 3.60. The third-order valence-electron chi connectivity index (χ3n) is 3.31. The molecule has 0 aliphatic carbocycles. The molecule has 0 spiro atoms. The van der Waals surface area contributed by atoms with E-state index in [9.17, 15) is 0 Å². The first-order valence-electron chi connectivity index (χ1n) is 7.39. The summed E-state index contributed by atoms with van der Waals surface area (Å²) < 4.78 is 0. The first-order chi connectivity index (χ1) is 9.83. The molecule has 20 heavy (non-hydrogen) atoms.